The van der Waals surface area contributed by atoms with Crippen LogP contribution < -0.4 is 10.2 Å². The van der Waals surface area contributed by atoms with E-state index in [1.54, 1.807) is 6.20 Å². The number of morpholine rings is 1. The third-order valence-electron chi connectivity index (χ3n) is 5.01. The minimum absolute atomic E-state index is 0.0421. The van der Waals surface area contributed by atoms with Crippen molar-refractivity contribution < 1.29 is 9.53 Å². The number of benzene rings is 2. The van der Waals surface area contributed by atoms with Crippen LogP contribution in [-0.4, -0.2) is 36.2 Å². The monoisotopic (exact) mass is 375 g/mol. The molecule has 0 saturated carbocycles. The maximum absolute atomic E-state index is 12.5. The van der Waals surface area contributed by atoms with Crippen molar-refractivity contribution in [2.45, 2.75) is 32.5 Å². The van der Waals surface area contributed by atoms with Gasteiger partial charge < -0.3 is 15.0 Å². The lowest BCUT2D eigenvalue weighted by molar-refractivity contribution is -0.115. The zero-order valence-electron chi connectivity index (χ0n) is 16.3. The van der Waals surface area contributed by atoms with Crippen LogP contribution in [0.5, 0.6) is 0 Å². The van der Waals surface area contributed by atoms with Crippen molar-refractivity contribution in [2.75, 3.05) is 23.3 Å². The largest absolute Gasteiger partial charge is 0.372 e. The number of nitrogens with zero attached hydrogens (tertiary/aromatic N) is 2. The van der Waals surface area contributed by atoms with Crippen LogP contribution in [0.3, 0.4) is 0 Å². The lowest BCUT2D eigenvalue weighted by atomic mass is 10.0. The summed E-state index contributed by atoms with van der Waals surface area (Å²) in [6, 6.07) is 18.1. The molecule has 5 heteroatoms. The Kier molecular flexibility index (Phi) is 5.26. The Morgan fingerprint density at radius 1 is 1.07 bits per heavy atom. The molecular weight excluding hydrogens is 350 g/mol. The number of hydrogen-bond acceptors (Lipinski definition) is 4. The zero-order valence-corrected chi connectivity index (χ0v) is 16.3. The summed E-state index contributed by atoms with van der Waals surface area (Å²) in [6.07, 6.45) is 2.43. The van der Waals surface area contributed by atoms with E-state index in [1.165, 1.54) is 0 Å². The quantitative estimate of drug-likeness (QED) is 0.748. The fourth-order valence-corrected chi connectivity index (χ4v) is 3.84. The average Bonchev–Trinajstić information content (AvgIpc) is 2.68. The summed E-state index contributed by atoms with van der Waals surface area (Å²) in [5.41, 5.74) is 1.74. The molecule has 1 aliphatic rings. The van der Waals surface area contributed by atoms with Crippen molar-refractivity contribution in [3.8, 4) is 0 Å². The zero-order chi connectivity index (χ0) is 19.5. The van der Waals surface area contributed by atoms with Gasteiger partial charge in [-0.05, 0) is 42.3 Å². The SMILES string of the molecule is CC1CN(c2ccc(NC(=O)Cc3cccc4ccccc34)cn2)CC(C)O1. The molecule has 3 aromatic rings. The summed E-state index contributed by atoms with van der Waals surface area (Å²) in [5.74, 6) is 0.869. The molecule has 4 rings (SSSR count). The van der Waals surface area contributed by atoms with Gasteiger partial charge in [0.2, 0.25) is 5.91 Å². The molecule has 1 aromatic heterocycles. The normalized spacial score (nSPS) is 19.6. The van der Waals surface area contributed by atoms with Crippen molar-refractivity contribution in [3.05, 3.63) is 66.4 Å². The highest BCUT2D eigenvalue weighted by molar-refractivity contribution is 5.96. The highest BCUT2D eigenvalue weighted by atomic mass is 16.5. The van der Waals surface area contributed by atoms with Crippen LogP contribution in [0, 0.1) is 0 Å². The maximum atomic E-state index is 12.5. The van der Waals surface area contributed by atoms with Crippen LogP contribution in [0.2, 0.25) is 0 Å². The molecule has 5 nitrogen and oxygen atoms in total. The molecule has 2 atom stereocenters. The fourth-order valence-electron chi connectivity index (χ4n) is 3.84. The number of anilines is 2. The van der Waals surface area contributed by atoms with Gasteiger partial charge in [-0.25, -0.2) is 4.98 Å². The number of pyridine rings is 1. The minimum Gasteiger partial charge on any atom is -0.372 e. The molecule has 1 N–H and O–H groups in total. The van der Waals surface area contributed by atoms with E-state index in [-0.39, 0.29) is 18.1 Å². The van der Waals surface area contributed by atoms with Crippen LogP contribution in [0.25, 0.3) is 10.8 Å². The predicted octanol–water partition coefficient (Wildman–Crippen LogP) is 4.03. The summed E-state index contributed by atoms with van der Waals surface area (Å²) in [7, 11) is 0. The van der Waals surface area contributed by atoms with Crippen LogP contribution in [0.1, 0.15) is 19.4 Å². The number of hydrogen-bond donors (Lipinski definition) is 1. The van der Waals surface area contributed by atoms with E-state index < -0.39 is 0 Å². The van der Waals surface area contributed by atoms with Crippen molar-refractivity contribution in [3.63, 3.8) is 0 Å². The second-order valence-corrected chi connectivity index (χ2v) is 7.43. The van der Waals surface area contributed by atoms with Gasteiger partial charge in [-0.2, -0.15) is 0 Å². The number of rotatable bonds is 4. The Bertz CT molecular complexity index is 956. The molecule has 0 bridgehead atoms. The molecule has 0 radical (unpaired) electrons. The van der Waals surface area contributed by atoms with E-state index in [9.17, 15) is 4.79 Å². The predicted molar refractivity (Wildman–Crippen MR) is 113 cm³/mol. The van der Waals surface area contributed by atoms with Gasteiger partial charge in [0.25, 0.3) is 0 Å². The number of ether oxygens (including phenoxy) is 1. The molecule has 2 heterocycles. The van der Waals surface area contributed by atoms with Gasteiger partial charge in [0.05, 0.1) is 30.5 Å². The number of aromatic nitrogens is 1. The van der Waals surface area contributed by atoms with E-state index in [4.69, 9.17) is 4.74 Å². The van der Waals surface area contributed by atoms with Gasteiger partial charge in [0, 0.05) is 13.1 Å². The molecule has 144 valence electrons. The van der Waals surface area contributed by atoms with Crippen LogP contribution in [0.15, 0.2) is 60.8 Å². The van der Waals surface area contributed by atoms with Crippen LogP contribution in [0.4, 0.5) is 11.5 Å². The Hall–Kier alpha value is -2.92. The molecule has 0 aliphatic carbocycles. The molecule has 2 aromatic carbocycles. The van der Waals surface area contributed by atoms with E-state index >= 15 is 0 Å². The first kappa shape index (κ1) is 18.4. The van der Waals surface area contributed by atoms with Crippen molar-refractivity contribution in [1.82, 2.24) is 4.98 Å². The van der Waals surface area contributed by atoms with E-state index in [2.05, 4.69) is 47.2 Å². The maximum Gasteiger partial charge on any atom is 0.228 e. The molecule has 1 saturated heterocycles. The van der Waals surface area contributed by atoms with Crippen molar-refractivity contribution in [1.29, 1.82) is 0 Å². The molecule has 28 heavy (non-hydrogen) atoms. The van der Waals surface area contributed by atoms with E-state index in [0.29, 0.717) is 12.1 Å². The van der Waals surface area contributed by atoms with E-state index in [1.807, 2.05) is 36.4 Å². The number of carbonyl (C=O) groups excluding carboxylic acids is 1. The van der Waals surface area contributed by atoms with Gasteiger partial charge in [0.15, 0.2) is 0 Å². The third-order valence-corrected chi connectivity index (χ3v) is 5.01. The summed E-state index contributed by atoms with van der Waals surface area (Å²) in [5, 5.41) is 5.22. The molecule has 1 aliphatic heterocycles. The van der Waals surface area contributed by atoms with Gasteiger partial charge in [0.1, 0.15) is 5.82 Å². The highest BCUT2D eigenvalue weighted by Gasteiger charge is 2.23. The Labute approximate surface area is 165 Å². The number of amides is 1. The topological polar surface area (TPSA) is 54.5 Å². The Morgan fingerprint density at radius 2 is 1.82 bits per heavy atom. The number of carbonyl (C=O) groups is 1. The van der Waals surface area contributed by atoms with Gasteiger partial charge in [-0.15, -0.1) is 0 Å². The second-order valence-electron chi connectivity index (χ2n) is 7.43. The molecule has 2 unspecified atom stereocenters. The second kappa shape index (κ2) is 7.98. The Morgan fingerprint density at radius 3 is 2.57 bits per heavy atom. The van der Waals surface area contributed by atoms with Crippen LogP contribution in [-0.2, 0) is 16.0 Å². The minimum atomic E-state index is -0.0421. The average molecular weight is 375 g/mol. The molecular formula is C23H25N3O2. The van der Waals surface area contributed by atoms with Gasteiger partial charge >= 0.3 is 0 Å². The summed E-state index contributed by atoms with van der Waals surface area (Å²) in [4.78, 5) is 19.3. The van der Waals surface area contributed by atoms with Crippen LogP contribution >= 0.6 is 0 Å². The lowest BCUT2D eigenvalue weighted by Gasteiger charge is -2.36. The Balaban J connectivity index is 1.42. The smallest absolute Gasteiger partial charge is 0.228 e. The van der Waals surface area contributed by atoms with Gasteiger partial charge in [-0.1, -0.05) is 42.5 Å². The molecule has 0 spiro atoms. The fraction of sp³-hybridized carbons (Fsp3) is 0.304. The van der Waals surface area contributed by atoms with Gasteiger partial charge in [-0.3, -0.25) is 4.79 Å². The number of nitrogens with one attached hydrogen (secondary N) is 1. The third kappa shape index (κ3) is 4.15. The molecule has 1 amide bonds. The first-order valence-corrected chi connectivity index (χ1v) is 9.71. The summed E-state index contributed by atoms with van der Waals surface area (Å²) >= 11 is 0. The first-order chi connectivity index (χ1) is 13.6. The summed E-state index contributed by atoms with van der Waals surface area (Å²) in [6.45, 7) is 5.79. The van der Waals surface area contributed by atoms with Crippen molar-refractivity contribution in [2.24, 2.45) is 0 Å². The van der Waals surface area contributed by atoms with E-state index in [0.717, 1.165) is 35.2 Å². The first-order valence-electron chi connectivity index (χ1n) is 9.71. The van der Waals surface area contributed by atoms with Crippen molar-refractivity contribution >= 4 is 28.2 Å². The molecule has 1 fully saturated rings. The summed E-state index contributed by atoms with van der Waals surface area (Å²) < 4.78 is 5.77. The standard InChI is InChI=1S/C23H25N3O2/c1-16-14-26(15-17(2)28-16)22-11-10-20(13-24-22)25-23(27)12-19-8-5-7-18-6-3-4-9-21(18)19/h3-11,13,16-17H,12,14-15H2,1-2H3,(H,25,27). The highest BCUT2D eigenvalue weighted by Crippen LogP contribution is 2.21. The number of fused-ring (bicyclic) bond motifs is 1. The lowest BCUT2D eigenvalue weighted by Crippen LogP contribution is -2.45.